The second-order valence-electron chi connectivity index (χ2n) is 6.80. The van der Waals surface area contributed by atoms with Gasteiger partial charge in [-0.25, -0.2) is 4.39 Å². The summed E-state index contributed by atoms with van der Waals surface area (Å²) >= 11 is 0. The second-order valence-corrected chi connectivity index (χ2v) is 6.80. The van der Waals surface area contributed by atoms with Crippen molar-refractivity contribution in [2.45, 2.75) is 52.2 Å². The van der Waals surface area contributed by atoms with Crippen molar-refractivity contribution in [3.63, 3.8) is 0 Å². The number of rotatable bonds is 5. The van der Waals surface area contributed by atoms with Crippen LogP contribution in [0.2, 0.25) is 0 Å². The summed E-state index contributed by atoms with van der Waals surface area (Å²) in [5.74, 6) is -0.255. The number of anilines is 1. The minimum atomic E-state index is -0.603. The number of carbonyl (C=O) groups excluding carboxylic acids is 1. The lowest BCUT2D eigenvalue weighted by molar-refractivity contribution is -0.124. The largest absolute Gasteiger partial charge is 0.392 e. The number of carbonyl (C=O) groups is 1. The summed E-state index contributed by atoms with van der Waals surface area (Å²) < 4.78 is 13.3. The van der Waals surface area contributed by atoms with Gasteiger partial charge in [-0.3, -0.25) is 4.79 Å². The fourth-order valence-electron chi connectivity index (χ4n) is 3.00. The van der Waals surface area contributed by atoms with Crippen molar-refractivity contribution in [2.24, 2.45) is 5.92 Å². The second kappa shape index (κ2) is 7.77. The number of aliphatic hydroxyl groups is 1. The minimum Gasteiger partial charge on any atom is -0.392 e. The van der Waals surface area contributed by atoms with Crippen LogP contribution in [-0.2, 0) is 4.79 Å². The average molecular weight is 322 g/mol. The van der Waals surface area contributed by atoms with E-state index in [4.69, 9.17) is 0 Å². The molecule has 2 rings (SSSR count). The topological polar surface area (TPSA) is 52.6 Å². The maximum atomic E-state index is 13.3. The van der Waals surface area contributed by atoms with Gasteiger partial charge in [0, 0.05) is 24.8 Å². The van der Waals surface area contributed by atoms with Gasteiger partial charge in [-0.1, -0.05) is 13.8 Å². The molecular weight excluding hydrogens is 295 g/mol. The molecule has 0 aromatic heterocycles. The zero-order valence-electron chi connectivity index (χ0n) is 14.2. The standard InChI is InChI=1S/C18H27FN2O2/c1-12(2)17(22)10-18(23)20-15-5-4-8-21(11-15)16-7-6-14(19)9-13(16)3/h6-7,9,12,15,17,22H,4-5,8,10-11H2,1-3H3,(H,20,23). The van der Waals surface area contributed by atoms with Crippen LogP contribution in [0.3, 0.4) is 0 Å². The molecule has 1 aromatic carbocycles. The molecule has 1 heterocycles. The van der Waals surface area contributed by atoms with Gasteiger partial charge in [0.2, 0.25) is 5.91 Å². The van der Waals surface area contributed by atoms with Gasteiger partial charge >= 0.3 is 0 Å². The van der Waals surface area contributed by atoms with Crippen LogP contribution in [0.15, 0.2) is 18.2 Å². The van der Waals surface area contributed by atoms with Crippen molar-refractivity contribution < 1.29 is 14.3 Å². The van der Waals surface area contributed by atoms with Crippen LogP contribution in [0, 0.1) is 18.7 Å². The summed E-state index contributed by atoms with van der Waals surface area (Å²) in [5.41, 5.74) is 1.93. The van der Waals surface area contributed by atoms with Crippen LogP contribution in [0.4, 0.5) is 10.1 Å². The smallest absolute Gasteiger partial charge is 0.222 e. The molecule has 0 aliphatic carbocycles. The molecule has 2 atom stereocenters. The Bertz CT molecular complexity index is 548. The number of aliphatic hydroxyl groups excluding tert-OH is 1. The highest BCUT2D eigenvalue weighted by molar-refractivity contribution is 5.77. The Morgan fingerprint density at radius 3 is 2.87 bits per heavy atom. The number of amides is 1. The van der Waals surface area contributed by atoms with Crippen molar-refractivity contribution in [1.82, 2.24) is 5.32 Å². The Hall–Kier alpha value is -1.62. The van der Waals surface area contributed by atoms with Gasteiger partial charge in [-0.2, -0.15) is 0 Å². The molecule has 2 N–H and O–H groups in total. The first-order valence-corrected chi connectivity index (χ1v) is 8.35. The molecule has 23 heavy (non-hydrogen) atoms. The van der Waals surface area contributed by atoms with Gasteiger partial charge in [0.15, 0.2) is 0 Å². The summed E-state index contributed by atoms with van der Waals surface area (Å²) in [5, 5.41) is 12.8. The van der Waals surface area contributed by atoms with E-state index in [1.54, 1.807) is 6.07 Å². The van der Waals surface area contributed by atoms with Crippen LogP contribution in [0.1, 0.15) is 38.7 Å². The van der Waals surface area contributed by atoms with E-state index < -0.39 is 6.10 Å². The zero-order chi connectivity index (χ0) is 17.0. The number of benzene rings is 1. The predicted molar refractivity (Wildman–Crippen MR) is 90.0 cm³/mol. The maximum absolute atomic E-state index is 13.3. The Morgan fingerprint density at radius 1 is 1.48 bits per heavy atom. The van der Waals surface area contributed by atoms with Gasteiger partial charge in [-0.15, -0.1) is 0 Å². The van der Waals surface area contributed by atoms with Crippen molar-refractivity contribution >= 4 is 11.6 Å². The maximum Gasteiger partial charge on any atom is 0.222 e. The van der Waals surface area contributed by atoms with Crippen molar-refractivity contribution in [3.8, 4) is 0 Å². The third-order valence-electron chi connectivity index (χ3n) is 4.45. The van der Waals surface area contributed by atoms with Crippen LogP contribution >= 0.6 is 0 Å². The lowest BCUT2D eigenvalue weighted by Crippen LogP contribution is -2.48. The highest BCUT2D eigenvalue weighted by atomic mass is 19.1. The molecule has 5 heteroatoms. The van der Waals surface area contributed by atoms with Gasteiger partial charge in [-0.05, 0) is 49.4 Å². The number of piperidine rings is 1. The Morgan fingerprint density at radius 2 is 2.22 bits per heavy atom. The molecule has 0 bridgehead atoms. The molecule has 1 aliphatic heterocycles. The van der Waals surface area contributed by atoms with E-state index in [2.05, 4.69) is 10.2 Å². The van der Waals surface area contributed by atoms with E-state index >= 15 is 0 Å². The molecule has 0 saturated carbocycles. The molecule has 1 fully saturated rings. The van der Waals surface area contributed by atoms with Gasteiger partial charge < -0.3 is 15.3 Å². The van der Waals surface area contributed by atoms with Crippen molar-refractivity contribution in [3.05, 3.63) is 29.6 Å². The van der Waals surface area contributed by atoms with E-state index in [0.717, 1.165) is 37.2 Å². The molecule has 1 aliphatic rings. The zero-order valence-corrected chi connectivity index (χ0v) is 14.2. The van der Waals surface area contributed by atoms with Crippen LogP contribution in [0.25, 0.3) is 0 Å². The highest BCUT2D eigenvalue weighted by Gasteiger charge is 2.24. The number of hydrogen-bond donors (Lipinski definition) is 2. The third kappa shape index (κ3) is 4.93. The lowest BCUT2D eigenvalue weighted by atomic mass is 10.0. The number of nitrogens with one attached hydrogen (secondary N) is 1. The van der Waals surface area contributed by atoms with Crippen molar-refractivity contribution in [2.75, 3.05) is 18.0 Å². The SMILES string of the molecule is Cc1cc(F)ccc1N1CCCC(NC(=O)CC(O)C(C)C)C1. The summed E-state index contributed by atoms with van der Waals surface area (Å²) in [6, 6.07) is 4.89. The van der Waals surface area contributed by atoms with Gasteiger partial charge in [0.25, 0.3) is 0 Å². The molecule has 0 spiro atoms. The molecule has 1 saturated heterocycles. The van der Waals surface area contributed by atoms with E-state index in [9.17, 15) is 14.3 Å². The average Bonchev–Trinajstić information content (AvgIpc) is 2.47. The molecule has 1 amide bonds. The summed E-state index contributed by atoms with van der Waals surface area (Å²) in [4.78, 5) is 14.2. The molecule has 2 unspecified atom stereocenters. The number of hydrogen-bond acceptors (Lipinski definition) is 3. The van der Waals surface area contributed by atoms with Gasteiger partial charge in [0.1, 0.15) is 5.82 Å². The number of aryl methyl sites for hydroxylation is 1. The van der Waals surface area contributed by atoms with E-state index in [1.165, 1.54) is 12.1 Å². The fraction of sp³-hybridized carbons (Fsp3) is 0.611. The summed E-state index contributed by atoms with van der Waals surface area (Å²) in [6.07, 6.45) is 1.45. The molecule has 0 radical (unpaired) electrons. The van der Waals surface area contributed by atoms with Crippen LogP contribution in [0.5, 0.6) is 0 Å². The monoisotopic (exact) mass is 322 g/mol. The fourth-order valence-corrected chi connectivity index (χ4v) is 3.00. The number of nitrogens with zero attached hydrogens (tertiary/aromatic N) is 1. The van der Waals surface area contributed by atoms with E-state index in [1.807, 2.05) is 20.8 Å². The van der Waals surface area contributed by atoms with Gasteiger partial charge in [0.05, 0.1) is 12.5 Å². The normalized spacial score (nSPS) is 19.7. The predicted octanol–water partition coefficient (Wildman–Crippen LogP) is 2.63. The van der Waals surface area contributed by atoms with E-state index in [-0.39, 0.29) is 30.1 Å². The molecule has 128 valence electrons. The minimum absolute atomic E-state index is 0.0695. The van der Waals surface area contributed by atoms with Crippen LogP contribution in [-0.4, -0.2) is 36.2 Å². The van der Waals surface area contributed by atoms with E-state index in [0.29, 0.717) is 0 Å². The van der Waals surface area contributed by atoms with Crippen molar-refractivity contribution in [1.29, 1.82) is 0 Å². The number of halogens is 1. The summed E-state index contributed by atoms with van der Waals surface area (Å²) in [6.45, 7) is 7.33. The quantitative estimate of drug-likeness (QED) is 0.876. The molecule has 1 aromatic rings. The first-order chi connectivity index (χ1) is 10.9. The highest BCUT2D eigenvalue weighted by Crippen LogP contribution is 2.24. The first kappa shape index (κ1) is 17.7. The Kier molecular flexibility index (Phi) is 5.99. The molecule has 4 nitrogen and oxygen atoms in total. The first-order valence-electron chi connectivity index (χ1n) is 8.35. The lowest BCUT2D eigenvalue weighted by Gasteiger charge is -2.35. The summed E-state index contributed by atoms with van der Waals surface area (Å²) in [7, 11) is 0. The third-order valence-corrected chi connectivity index (χ3v) is 4.45. The Labute approximate surface area is 137 Å². The molecular formula is C18H27FN2O2. The Balaban J connectivity index is 1.94. The van der Waals surface area contributed by atoms with Crippen LogP contribution < -0.4 is 10.2 Å².